The molecule has 3 N–H and O–H groups in total. The minimum atomic E-state index is -4.97. The first-order chi connectivity index (χ1) is 49.4. The average Bonchev–Trinajstić information content (AvgIpc) is 0.921. The third-order valence-corrected chi connectivity index (χ3v) is 21.1. The minimum Gasteiger partial charge on any atom is -0.462 e. The van der Waals surface area contributed by atoms with E-state index in [1.165, 1.54) is 212 Å². The lowest BCUT2D eigenvalue weighted by molar-refractivity contribution is -0.161. The largest absolute Gasteiger partial charge is 0.472 e. The van der Waals surface area contributed by atoms with Crippen LogP contribution in [0, 0.1) is 11.8 Å². The van der Waals surface area contributed by atoms with Gasteiger partial charge in [0, 0.05) is 25.7 Å². The third kappa shape index (κ3) is 74.4. The minimum absolute atomic E-state index is 0.101. The maximum absolute atomic E-state index is 13.1. The summed E-state index contributed by atoms with van der Waals surface area (Å²) < 4.78 is 68.7. The molecule has 0 aromatic carbocycles. The molecule has 0 aliphatic carbocycles. The van der Waals surface area contributed by atoms with Crippen LogP contribution in [-0.2, 0) is 65.4 Å². The van der Waals surface area contributed by atoms with Crippen LogP contribution in [-0.4, -0.2) is 96.7 Å². The van der Waals surface area contributed by atoms with Gasteiger partial charge in [0.15, 0.2) is 12.2 Å². The zero-order valence-electron chi connectivity index (χ0n) is 66.4. The van der Waals surface area contributed by atoms with Crippen LogP contribution in [0.25, 0.3) is 0 Å². The van der Waals surface area contributed by atoms with Crippen molar-refractivity contribution in [1.29, 1.82) is 0 Å². The Hall–Kier alpha value is -2.46. The van der Waals surface area contributed by atoms with E-state index < -0.39 is 97.5 Å². The van der Waals surface area contributed by atoms with E-state index in [1.807, 2.05) is 0 Å². The Morgan fingerprint density at radius 2 is 0.578 bits per heavy atom. The van der Waals surface area contributed by atoms with Crippen LogP contribution in [0.1, 0.15) is 414 Å². The van der Waals surface area contributed by atoms with Gasteiger partial charge in [0.1, 0.15) is 19.3 Å². The highest BCUT2D eigenvalue weighted by Crippen LogP contribution is 2.45. The van der Waals surface area contributed by atoms with Crippen molar-refractivity contribution in [3.63, 3.8) is 0 Å². The third-order valence-electron chi connectivity index (χ3n) is 19.2. The van der Waals surface area contributed by atoms with Crippen molar-refractivity contribution in [2.45, 2.75) is 432 Å². The fourth-order valence-electron chi connectivity index (χ4n) is 12.3. The second-order valence-corrected chi connectivity index (χ2v) is 32.8. The SMILES string of the molecule is CCCCCC/C=C\C=C/CCCCCCCC(=O)OC[C@H](COP(=O)(O)OC[C@@H](O)COP(=O)(O)OC[C@@H](COC(=O)CCCCCCCCCCC(C)CC)OC(=O)CCCCCCCCCCCCCCCC)OC(=O)CCCCCCCCCCCCCCCCCCCCC(C)C. The number of aliphatic hydroxyl groups is 1. The summed E-state index contributed by atoms with van der Waals surface area (Å²) in [5.41, 5.74) is 0. The molecule has 0 fully saturated rings. The van der Waals surface area contributed by atoms with Gasteiger partial charge in [0.25, 0.3) is 0 Å². The average molecular weight is 1490 g/mol. The van der Waals surface area contributed by atoms with Crippen LogP contribution in [0.5, 0.6) is 0 Å². The Bertz CT molecular complexity index is 2060. The van der Waals surface area contributed by atoms with Gasteiger partial charge in [-0.15, -0.1) is 0 Å². The fraction of sp³-hybridized carbons (Fsp3) is 0.904. The molecule has 102 heavy (non-hydrogen) atoms. The van der Waals surface area contributed by atoms with Crippen molar-refractivity contribution in [2.24, 2.45) is 11.8 Å². The first-order valence-corrected chi connectivity index (χ1v) is 45.3. The number of phosphoric ester groups is 2. The first-order valence-electron chi connectivity index (χ1n) is 42.3. The molecule has 0 rings (SSSR count). The van der Waals surface area contributed by atoms with E-state index in [0.717, 1.165) is 121 Å². The van der Waals surface area contributed by atoms with Crippen LogP contribution < -0.4 is 0 Å². The predicted octanol–water partition coefficient (Wildman–Crippen LogP) is 24.6. The van der Waals surface area contributed by atoms with Gasteiger partial charge in [0.2, 0.25) is 0 Å². The molecule has 0 spiro atoms. The topological polar surface area (TPSA) is 237 Å². The van der Waals surface area contributed by atoms with Gasteiger partial charge >= 0.3 is 39.5 Å². The molecule has 0 heterocycles. The summed E-state index contributed by atoms with van der Waals surface area (Å²) in [4.78, 5) is 73.1. The number of hydrogen-bond donors (Lipinski definition) is 3. The molecule has 0 aliphatic heterocycles. The molecule has 0 amide bonds. The van der Waals surface area contributed by atoms with Gasteiger partial charge in [-0.2, -0.15) is 0 Å². The van der Waals surface area contributed by atoms with E-state index in [1.54, 1.807) is 0 Å². The zero-order valence-corrected chi connectivity index (χ0v) is 68.2. The van der Waals surface area contributed by atoms with Crippen molar-refractivity contribution in [3.05, 3.63) is 24.3 Å². The molecule has 0 bridgehead atoms. The van der Waals surface area contributed by atoms with E-state index in [2.05, 4.69) is 65.8 Å². The smallest absolute Gasteiger partial charge is 0.462 e. The summed E-state index contributed by atoms with van der Waals surface area (Å²) in [5, 5.41) is 10.7. The molecule has 0 saturated heterocycles. The van der Waals surface area contributed by atoms with Gasteiger partial charge in [-0.3, -0.25) is 37.3 Å². The number of phosphoric acid groups is 2. The van der Waals surface area contributed by atoms with Crippen LogP contribution in [0.4, 0.5) is 0 Å². The van der Waals surface area contributed by atoms with Crippen LogP contribution >= 0.6 is 15.6 Å². The van der Waals surface area contributed by atoms with Crippen molar-refractivity contribution < 1.29 is 80.2 Å². The zero-order chi connectivity index (χ0) is 74.9. The van der Waals surface area contributed by atoms with E-state index in [4.69, 9.17) is 37.0 Å². The Morgan fingerprint density at radius 3 is 0.882 bits per heavy atom. The van der Waals surface area contributed by atoms with Crippen LogP contribution in [0.2, 0.25) is 0 Å². The molecule has 6 atom stereocenters. The molecule has 0 aromatic rings. The molecule has 17 nitrogen and oxygen atoms in total. The van der Waals surface area contributed by atoms with Crippen molar-refractivity contribution in [1.82, 2.24) is 0 Å². The lowest BCUT2D eigenvalue weighted by Crippen LogP contribution is -2.30. The van der Waals surface area contributed by atoms with Gasteiger partial charge in [-0.25, -0.2) is 9.13 Å². The normalized spacial score (nSPS) is 14.3. The number of aliphatic hydroxyl groups excluding tert-OH is 1. The maximum Gasteiger partial charge on any atom is 0.472 e. The van der Waals surface area contributed by atoms with E-state index in [9.17, 15) is 43.2 Å². The van der Waals surface area contributed by atoms with Gasteiger partial charge in [-0.1, -0.05) is 361 Å². The lowest BCUT2D eigenvalue weighted by Gasteiger charge is -2.21. The number of unbranched alkanes of at least 4 members (excludes halogenated alkanes) is 46. The number of carbonyl (C=O) groups is 4. The molecule has 0 saturated carbocycles. The van der Waals surface area contributed by atoms with Gasteiger partial charge in [-0.05, 0) is 63.2 Å². The number of allylic oxidation sites excluding steroid dienone is 4. The quantitative estimate of drug-likeness (QED) is 0.0169. The van der Waals surface area contributed by atoms with Crippen molar-refractivity contribution in [3.8, 4) is 0 Å². The number of esters is 4. The Morgan fingerprint density at radius 1 is 0.324 bits per heavy atom. The molecule has 19 heteroatoms. The Balaban J connectivity index is 5.27. The van der Waals surface area contributed by atoms with Crippen molar-refractivity contribution in [2.75, 3.05) is 39.6 Å². The lowest BCUT2D eigenvalue weighted by atomic mass is 9.99. The van der Waals surface area contributed by atoms with E-state index in [-0.39, 0.29) is 25.7 Å². The molecule has 602 valence electrons. The second kappa shape index (κ2) is 74.0. The molecule has 0 radical (unpaired) electrons. The highest BCUT2D eigenvalue weighted by Gasteiger charge is 2.30. The highest BCUT2D eigenvalue weighted by atomic mass is 31.2. The Kier molecular flexibility index (Phi) is 72.2. The fourth-order valence-corrected chi connectivity index (χ4v) is 13.9. The summed E-state index contributed by atoms with van der Waals surface area (Å²) in [6.07, 6.45) is 67.3. The second-order valence-electron chi connectivity index (χ2n) is 29.9. The molecule has 0 aliphatic rings. The van der Waals surface area contributed by atoms with E-state index >= 15 is 0 Å². The number of carbonyl (C=O) groups excluding carboxylic acids is 4. The molecular weight excluding hydrogens is 1330 g/mol. The first kappa shape index (κ1) is 99.5. The predicted molar refractivity (Wildman–Crippen MR) is 418 cm³/mol. The summed E-state index contributed by atoms with van der Waals surface area (Å²) >= 11 is 0. The number of ether oxygens (including phenoxy) is 4. The standard InChI is InChI=1S/C83H158O17P2/c1-7-10-12-14-16-18-20-22-28-33-36-40-47-53-59-65-80(85)93-71-78(99-83(88)68-62-56-50-42-38-34-30-27-25-24-26-29-31-35-39-45-51-57-63-75(4)5)73-97-101(89,90)95-69-77(84)70-96-102(91,92)98-74-79(72-94-81(86)66-60-54-48-44-43-46-52-58-64-76(6)9-3)100-82(87)67-61-55-49-41-37-32-23-21-19-17-15-13-11-8-2/h18,20,22,28,75-79,84H,7-17,19,21,23-27,29-74H2,1-6H3,(H,89,90)(H,91,92)/b20-18-,28-22-/t76?,77-,78-,79-/m1/s1. The monoisotopic (exact) mass is 1490 g/mol. The number of hydrogen-bond acceptors (Lipinski definition) is 15. The summed E-state index contributed by atoms with van der Waals surface area (Å²) in [6, 6.07) is 0. The van der Waals surface area contributed by atoms with Gasteiger partial charge < -0.3 is 33.8 Å². The maximum atomic E-state index is 13.1. The molecule has 3 unspecified atom stereocenters. The van der Waals surface area contributed by atoms with Crippen molar-refractivity contribution >= 4 is 39.5 Å². The summed E-state index contributed by atoms with van der Waals surface area (Å²) in [6.45, 7) is 9.62. The molecular formula is C83H158O17P2. The summed E-state index contributed by atoms with van der Waals surface area (Å²) in [5.74, 6) is -0.541. The van der Waals surface area contributed by atoms with E-state index in [0.29, 0.717) is 25.7 Å². The van der Waals surface area contributed by atoms with Crippen LogP contribution in [0.15, 0.2) is 24.3 Å². The van der Waals surface area contributed by atoms with Crippen LogP contribution in [0.3, 0.4) is 0 Å². The highest BCUT2D eigenvalue weighted by molar-refractivity contribution is 7.47. The van der Waals surface area contributed by atoms with Gasteiger partial charge in [0.05, 0.1) is 26.4 Å². The molecule has 0 aromatic heterocycles. The number of rotatable bonds is 80. The Labute approximate surface area is 624 Å². The summed E-state index contributed by atoms with van der Waals surface area (Å²) in [7, 11) is -9.93.